The number of azo groups is 1. The number of nitrogens with two attached hydrogens (primary N) is 1. The first-order valence-corrected chi connectivity index (χ1v) is 17.5. The highest BCUT2D eigenvalue weighted by Gasteiger charge is 2.33. The lowest BCUT2D eigenvalue weighted by Gasteiger charge is -2.16. The molecule has 0 saturated carbocycles. The Bertz CT molecular complexity index is 2550. The number of nitrogens with one attached hydrogen (secondary N) is 2. The minimum Gasteiger partial charge on any atom is -0.399 e. The quantitative estimate of drug-likeness (QED) is 0.0505. The van der Waals surface area contributed by atoms with E-state index < -0.39 is 36.6 Å². The van der Waals surface area contributed by atoms with Crippen LogP contribution >= 0.6 is 0 Å². The Kier molecular flexibility index (Phi) is 8.85. The van der Waals surface area contributed by atoms with Gasteiger partial charge in [-0.05, 0) is 120 Å². The lowest BCUT2D eigenvalue weighted by Crippen LogP contribution is -2.27. The summed E-state index contributed by atoms with van der Waals surface area (Å²) in [5.41, 5.74) is 11.3. The third kappa shape index (κ3) is 7.32. The van der Waals surface area contributed by atoms with Gasteiger partial charge in [0.1, 0.15) is 4.91 Å². The van der Waals surface area contributed by atoms with Crippen LogP contribution in [-0.4, -0.2) is 43.3 Å². The molecule has 1 amide bonds. The summed E-state index contributed by atoms with van der Waals surface area (Å²) in [5.74, 6) is -1.09. The number of aryl methyl sites for hydroxylation is 1. The molecule has 6 rings (SSSR count). The molecule has 6 N–H and O–H groups in total. The van der Waals surface area contributed by atoms with E-state index >= 15 is 0 Å². The molecule has 252 valence electrons. The zero-order valence-electron chi connectivity index (χ0n) is 25.9. The first kappa shape index (κ1) is 33.8. The number of benzene rings is 5. The summed E-state index contributed by atoms with van der Waals surface area (Å²) in [4.78, 5) is 25.0. The third-order valence-electron chi connectivity index (χ3n) is 7.60. The van der Waals surface area contributed by atoms with E-state index in [2.05, 4.69) is 26.1 Å². The van der Waals surface area contributed by atoms with Gasteiger partial charge in [-0.15, -0.1) is 0 Å². The fourth-order valence-corrected chi connectivity index (χ4v) is 6.23. The number of rotatable bonds is 8. The lowest BCUT2D eigenvalue weighted by molar-refractivity contribution is 0.102. The van der Waals surface area contributed by atoms with Crippen LogP contribution in [0, 0.1) is 6.92 Å². The van der Waals surface area contributed by atoms with Crippen LogP contribution in [0.2, 0.25) is 0 Å². The molecule has 0 unspecified atom stereocenters. The van der Waals surface area contributed by atoms with Crippen LogP contribution in [0.1, 0.15) is 31.8 Å². The van der Waals surface area contributed by atoms with Gasteiger partial charge < -0.3 is 11.1 Å². The van der Waals surface area contributed by atoms with Crippen LogP contribution in [0.4, 0.5) is 28.4 Å². The van der Waals surface area contributed by atoms with Crippen molar-refractivity contribution in [3.8, 4) is 0 Å². The summed E-state index contributed by atoms with van der Waals surface area (Å²) in [7, 11) is -9.32. The first-order valence-electron chi connectivity index (χ1n) is 14.6. The largest absolute Gasteiger partial charge is 0.399 e. The second kappa shape index (κ2) is 13.1. The van der Waals surface area contributed by atoms with E-state index in [-0.39, 0.29) is 27.6 Å². The van der Waals surface area contributed by atoms with Crippen LogP contribution in [0.25, 0.3) is 16.8 Å². The number of ketones is 1. The van der Waals surface area contributed by atoms with Crippen LogP contribution < -0.4 is 16.5 Å². The number of anilines is 3. The van der Waals surface area contributed by atoms with Gasteiger partial charge in [-0.25, -0.2) is 0 Å². The molecule has 1 aliphatic rings. The van der Waals surface area contributed by atoms with Gasteiger partial charge in [-0.1, -0.05) is 12.1 Å². The van der Waals surface area contributed by atoms with Crippen LogP contribution in [0.5, 0.6) is 0 Å². The van der Waals surface area contributed by atoms with E-state index in [4.69, 9.17) is 5.73 Å². The van der Waals surface area contributed by atoms with Gasteiger partial charge in [0.2, 0.25) is 5.78 Å². The number of Topliss-reactive ketones (excluding diaryl/α,β-unsaturated/α-hetero) is 1. The molecule has 0 heterocycles. The smallest absolute Gasteiger partial charge is 0.296 e. The highest BCUT2D eigenvalue weighted by Crippen LogP contribution is 2.31. The molecule has 0 spiro atoms. The third-order valence-corrected chi connectivity index (χ3v) is 9.32. The maximum absolute atomic E-state index is 13.4. The van der Waals surface area contributed by atoms with E-state index in [1.54, 1.807) is 55.5 Å². The van der Waals surface area contributed by atoms with Crippen molar-refractivity contribution in [2.75, 3.05) is 16.5 Å². The summed E-state index contributed by atoms with van der Waals surface area (Å²) in [5, 5.41) is 16.3. The van der Waals surface area contributed by atoms with Crippen molar-refractivity contribution in [3.63, 3.8) is 0 Å². The first-order chi connectivity index (χ1) is 23.7. The van der Waals surface area contributed by atoms with Gasteiger partial charge in [0.25, 0.3) is 26.1 Å². The Morgan fingerprint density at radius 3 is 2.16 bits per heavy atom. The molecule has 0 radical (unpaired) electrons. The second-order valence-electron chi connectivity index (χ2n) is 11.1. The van der Waals surface area contributed by atoms with Crippen LogP contribution in [-0.2, 0) is 20.2 Å². The second-order valence-corrected chi connectivity index (χ2v) is 13.9. The fraction of sp³-hybridized carbons (Fsp3) is 0.0294. The molecule has 0 aromatic heterocycles. The number of nitrogen functional groups attached to an aromatic ring is 1. The van der Waals surface area contributed by atoms with E-state index in [9.17, 15) is 35.5 Å². The number of fused-ring (bicyclic) bond motifs is 2. The molecule has 5 aromatic rings. The summed E-state index contributed by atoms with van der Waals surface area (Å²) >= 11 is 0. The molecule has 0 aliphatic heterocycles. The van der Waals surface area contributed by atoms with Crippen molar-refractivity contribution in [1.29, 1.82) is 0 Å². The van der Waals surface area contributed by atoms with Gasteiger partial charge >= 0.3 is 0 Å². The standard InChI is InChI=1S/C34H26N6O8S2/c1-19-14-25(36-34(42)20-2-6-24(35)7-3-20)10-13-30(19)39-37-27-9-12-29-23(16-27)18-31(50(46,47)48)32(33(29)41)40-38-26-8-4-22-17-28(49(43,44)45)11-5-21(22)15-26/h2-18,38H,35H2,1H3,(H,36,42)(H,43,44,45)(H,46,47,48)/b39-37?,40-32+. The van der Waals surface area contributed by atoms with Crippen molar-refractivity contribution >= 4 is 82.9 Å². The SMILES string of the molecule is Cc1cc(NC(=O)c2ccc(N)cc2)ccc1N=Nc1ccc2c(c1)C=C(S(=O)(=O)O)/C(=N\Nc1ccc3cc(S(=O)(=O)O)ccc3c1)C2=O. The number of hydrazone groups is 1. The van der Waals surface area contributed by atoms with Crippen molar-refractivity contribution < 1.29 is 35.5 Å². The van der Waals surface area contributed by atoms with Crippen molar-refractivity contribution in [3.05, 3.63) is 124 Å². The van der Waals surface area contributed by atoms with Crippen LogP contribution in [0.3, 0.4) is 0 Å². The molecule has 1 aliphatic carbocycles. The fourth-order valence-electron chi connectivity index (χ4n) is 5.06. The summed E-state index contributed by atoms with van der Waals surface area (Å²) in [6, 6.07) is 24.5. The van der Waals surface area contributed by atoms with E-state index in [1.165, 1.54) is 48.5 Å². The molecular formula is C34H26N6O8S2. The number of hydrogen-bond acceptors (Lipinski definition) is 11. The zero-order valence-corrected chi connectivity index (χ0v) is 27.5. The van der Waals surface area contributed by atoms with Gasteiger partial charge in [-0.2, -0.15) is 32.2 Å². The van der Waals surface area contributed by atoms with E-state index in [0.29, 0.717) is 44.6 Å². The van der Waals surface area contributed by atoms with Crippen molar-refractivity contribution in [2.45, 2.75) is 11.8 Å². The Balaban J connectivity index is 1.22. The molecule has 0 saturated heterocycles. The number of amides is 1. The normalized spacial score (nSPS) is 14.1. The highest BCUT2D eigenvalue weighted by atomic mass is 32.2. The highest BCUT2D eigenvalue weighted by molar-refractivity contribution is 7.91. The molecule has 0 atom stereocenters. The number of allylic oxidation sites excluding steroid dienone is 1. The maximum Gasteiger partial charge on any atom is 0.296 e. The molecular weight excluding hydrogens is 685 g/mol. The van der Waals surface area contributed by atoms with Gasteiger partial charge in [-0.3, -0.25) is 24.1 Å². The Morgan fingerprint density at radius 2 is 1.46 bits per heavy atom. The number of carbonyl (C=O) groups is 2. The minimum absolute atomic E-state index is 0.102. The Labute approximate surface area is 285 Å². The molecule has 16 heteroatoms. The molecule has 0 bridgehead atoms. The lowest BCUT2D eigenvalue weighted by atomic mass is 9.94. The average Bonchev–Trinajstić information content (AvgIpc) is 3.06. The Morgan fingerprint density at radius 1 is 0.760 bits per heavy atom. The topological polar surface area (TPSA) is 230 Å². The number of nitrogens with zero attached hydrogens (tertiary/aromatic N) is 3. The monoisotopic (exact) mass is 710 g/mol. The predicted octanol–water partition coefficient (Wildman–Crippen LogP) is 6.54. The molecule has 50 heavy (non-hydrogen) atoms. The van der Waals surface area contributed by atoms with Crippen LogP contribution in [0.15, 0.2) is 122 Å². The van der Waals surface area contributed by atoms with Gasteiger partial charge in [0.05, 0.1) is 22.0 Å². The number of hydrogen-bond donors (Lipinski definition) is 5. The van der Waals surface area contributed by atoms with Gasteiger partial charge in [0, 0.05) is 22.5 Å². The zero-order chi connectivity index (χ0) is 35.8. The summed E-state index contributed by atoms with van der Waals surface area (Å²) in [6.07, 6.45) is 1.10. The summed E-state index contributed by atoms with van der Waals surface area (Å²) < 4.78 is 66.9. The summed E-state index contributed by atoms with van der Waals surface area (Å²) in [6.45, 7) is 1.78. The van der Waals surface area contributed by atoms with E-state index in [1.807, 2.05) is 0 Å². The van der Waals surface area contributed by atoms with Crippen molar-refractivity contribution in [2.24, 2.45) is 15.3 Å². The maximum atomic E-state index is 13.4. The average molecular weight is 711 g/mol. The molecule has 0 fully saturated rings. The van der Waals surface area contributed by atoms with Gasteiger partial charge in [0.15, 0.2) is 5.71 Å². The van der Waals surface area contributed by atoms with E-state index in [0.717, 1.165) is 6.08 Å². The minimum atomic E-state index is -4.92. The van der Waals surface area contributed by atoms with Crippen molar-refractivity contribution in [1.82, 2.24) is 0 Å². The molecule has 5 aromatic carbocycles. The predicted molar refractivity (Wildman–Crippen MR) is 189 cm³/mol. The number of carbonyl (C=O) groups excluding carboxylic acids is 2. The molecule has 14 nitrogen and oxygen atoms in total. The Hall–Kier alpha value is -6.07.